The summed E-state index contributed by atoms with van der Waals surface area (Å²) in [6.45, 7) is 2.58. The van der Waals surface area contributed by atoms with Gasteiger partial charge in [0.15, 0.2) is 11.6 Å². The molecule has 3 N–H and O–H groups in total. The molecule has 0 radical (unpaired) electrons. The molecule has 1 atom stereocenters. The highest BCUT2D eigenvalue weighted by Crippen LogP contribution is 2.25. The maximum atomic E-state index is 13.3. The number of carbonyl (C=O) groups is 2. The molecule has 1 aliphatic heterocycles. The lowest BCUT2D eigenvalue weighted by Crippen LogP contribution is -2.45. The third-order valence-corrected chi connectivity index (χ3v) is 2.85. The fourth-order valence-electron chi connectivity index (χ4n) is 1.89. The Bertz CT molecular complexity index is 560. The molecule has 8 heteroatoms. The van der Waals surface area contributed by atoms with Crippen LogP contribution in [0.3, 0.4) is 0 Å². The van der Waals surface area contributed by atoms with Crippen molar-refractivity contribution in [1.82, 2.24) is 5.32 Å². The normalized spacial score (nSPS) is 18.1. The zero-order valence-corrected chi connectivity index (χ0v) is 11.3. The van der Waals surface area contributed by atoms with Gasteiger partial charge in [0.25, 0.3) is 5.91 Å². The first-order valence-corrected chi connectivity index (χ1v) is 6.37. The molecule has 1 heterocycles. The summed E-state index contributed by atoms with van der Waals surface area (Å²) in [4.78, 5) is 23.1. The quantitative estimate of drug-likeness (QED) is 0.773. The first-order chi connectivity index (χ1) is 9.97. The van der Waals surface area contributed by atoms with Crippen LogP contribution in [0.1, 0.15) is 6.92 Å². The summed E-state index contributed by atoms with van der Waals surface area (Å²) < 4.78 is 31.8. The summed E-state index contributed by atoms with van der Waals surface area (Å²) in [6.07, 6.45) is -0.725. The second-order valence-electron chi connectivity index (χ2n) is 4.55. The molecular weight excluding hydrogens is 284 g/mol. The van der Waals surface area contributed by atoms with E-state index in [0.717, 1.165) is 12.1 Å². The number of anilines is 2. The van der Waals surface area contributed by atoms with Crippen LogP contribution in [0.2, 0.25) is 0 Å². The predicted molar refractivity (Wildman–Crippen MR) is 71.9 cm³/mol. The number of hydrogen-bond donors (Lipinski definition) is 3. The van der Waals surface area contributed by atoms with Gasteiger partial charge in [0.1, 0.15) is 6.10 Å². The zero-order valence-electron chi connectivity index (χ0n) is 11.3. The molecule has 1 aliphatic rings. The number of carbonyl (C=O) groups excluding carboxylic acids is 2. The number of ether oxygens (including phenoxy) is 1. The summed E-state index contributed by atoms with van der Waals surface area (Å²) in [5.74, 6) is -3.21. The predicted octanol–water partition coefficient (Wildman–Crippen LogP) is 0.850. The van der Waals surface area contributed by atoms with Crippen molar-refractivity contribution in [3.05, 3.63) is 23.8 Å². The second kappa shape index (κ2) is 6.59. The Morgan fingerprint density at radius 2 is 1.86 bits per heavy atom. The third-order valence-electron chi connectivity index (χ3n) is 2.85. The lowest BCUT2D eigenvalue weighted by molar-refractivity contribution is -0.128. The van der Waals surface area contributed by atoms with Gasteiger partial charge in [-0.2, -0.15) is 0 Å². The van der Waals surface area contributed by atoms with E-state index in [-0.39, 0.29) is 11.4 Å². The molecule has 1 unspecified atom stereocenters. The lowest BCUT2D eigenvalue weighted by atomic mass is 10.2. The van der Waals surface area contributed by atoms with E-state index in [9.17, 15) is 18.4 Å². The van der Waals surface area contributed by atoms with Crippen LogP contribution < -0.4 is 16.0 Å². The molecule has 6 nitrogen and oxygen atoms in total. The van der Waals surface area contributed by atoms with Gasteiger partial charge in [0.2, 0.25) is 5.91 Å². The molecule has 1 aromatic carbocycles. The Kier molecular flexibility index (Phi) is 4.81. The Morgan fingerprint density at radius 3 is 2.38 bits per heavy atom. The van der Waals surface area contributed by atoms with Gasteiger partial charge < -0.3 is 20.7 Å². The molecule has 0 aromatic heterocycles. The van der Waals surface area contributed by atoms with Gasteiger partial charge in [-0.15, -0.1) is 0 Å². The maximum absolute atomic E-state index is 13.3. The minimum atomic E-state index is -1.12. The number of amides is 2. The molecule has 114 valence electrons. The average Bonchev–Trinajstić information content (AvgIpc) is 2.44. The van der Waals surface area contributed by atoms with Gasteiger partial charge in [0.05, 0.1) is 18.0 Å². The van der Waals surface area contributed by atoms with E-state index < -0.39 is 29.6 Å². The molecule has 1 fully saturated rings. The highest BCUT2D eigenvalue weighted by atomic mass is 19.2. The summed E-state index contributed by atoms with van der Waals surface area (Å²) in [5.41, 5.74) is -0.0400. The van der Waals surface area contributed by atoms with Crippen LogP contribution in [0.25, 0.3) is 0 Å². The molecule has 0 spiro atoms. The van der Waals surface area contributed by atoms with Crippen molar-refractivity contribution in [3.8, 4) is 0 Å². The van der Waals surface area contributed by atoms with E-state index in [4.69, 9.17) is 4.74 Å². The zero-order chi connectivity index (χ0) is 15.4. The van der Waals surface area contributed by atoms with E-state index in [0.29, 0.717) is 19.7 Å². The Balaban J connectivity index is 2.18. The van der Waals surface area contributed by atoms with Gasteiger partial charge in [-0.3, -0.25) is 9.59 Å². The van der Waals surface area contributed by atoms with Gasteiger partial charge in [-0.1, -0.05) is 0 Å². The molecule has 0 bridgehead atoms. The number of rotatable bonds is 3. The SMILES string of the molecule is CC(=O)Nc1cc(F)c(F)cc1NC(=O)C1CNCCO1. The van der Waals surface area contributed by atoms with E-state index in [1.54, 1.807) is 0 Å². The number of halogens is 2. The summed E-state index contributed by atoms with van der Waals surface area (Å²) in [5, 5.41) is 7.74. The minimum Gasteiger partial charge on any atom is -0.366 e. The van der Waals surface area contributed by atoms with Crippen molar-refractivity contribution in [2.75, 3.05) is 30.3 Å². The van der Waals surface area contributed by atoms with Crippen LogP contribution in [0.5, 0.6) is 0 Å². The smallest absolute Gasteiger partial charge is 0.254 e. The molecule has 0 aliphatic carbocycles. The monoisotopic (exact) mass is 299 g/mol. The lowest BCUT2D eigenvalue weighted by Gasteiger charge is -2.23. The summed E-state index contributed by atoms with van der Waals surface area (Å²) in [7, 11) is 0. The standard InChI is InChI=1S/C13H15F2N3O3/c1-7(19)17-10-4-8(14)9(15)5-11(10)18-13(20)12-6-16-2-3-21-12/h4-5,12,16H,2-3,6H2,1H3,(H,17,19)(H,18,20). The first-order valence-electron chi connectivity index (χ1n) is 6.37. The highest BCUT2D eigenvalue weighted by Gasteiger charge is 2.23. The van der Waals surface area contributed by atoms with Crippen molar-refractivity contribution in [2.24, 2.45) is 0 Å². The first kappa shape index (κ1) is 15.3. The molecule has 0 saturated carbocycles. The summed E-state index contributed by atoms with van der Waals surface area (Å²) >= 11 is 0. The molecular formula is C13H15F2N3O3. The molecule has 21 heavy (non-hydrogen) atoms. The Morgan fingerprint density at radius 1 is 1.24 bits per heavy atom. The Labute approximate surface area is 119 Å². The number of hydrogen-bond acceptors (Lipinski definition) is 4. The molecule has 1 aromatic rings. The third kappa shape index (κ3) is 3.96. The van der Waals surface area contributed by atoms with Crippen molar-refractivity contribution in [2.45, 2.75) is 13.0 Å². The van der Waals surface area contributed by atoms with Gasteiger partial charge >= 0.3 is 0 Å². The van der Waals surface area contributed by atoms with Gasteiger partial charge in [-0.05, 0) is 0 Å². The van der Waals surface area contributed by atoms with E-state index >= 15 is 0 Å². The van der Waals surface area contributed by atoms with Crippen molar-refractivity contribution >= 4 is 23.2 Å². The topological polar surface area (TPSA) is 79.5 Å². The highest BCUT2D eigenvalue weighted by molar-refractivity contribution is 6.00. The van der Waals surface area contributed by atoms with Crippen molar-refractivity contribution < 1.29 is 23.1 Å². The molecule has 2 amide bonds. The van der Waals surface area contributed by atoms with Gasteiger partial charge in [0, 0.05) is 32.1 Å². The van der Waals surface area contributed by atoms with Crippen LogP contribution in [-0.2, 0) is 14.3 Å². The Hall–Kier alpha value is -2.06. The molecule has 2 rings (SSSR count). The molecule has 1 saturated heterocycles. The van der Waals surface area contributed by atoms with Gasteiger partial charge in [-0.25, -0.2) is 8.78 Å². The minimum absolute atomic E-state index is 0.0153. The van der Waals surface area contributed by atoms with Crippen LogP contribution >= 0.6 is 0 Å². The van der Waals surface area contributed by atoms with E-state index in [1.807, 2.05) is 0 Å². The van der Waals surface area contributed by atoms with Crippen LogP contribution in [0.15, 0.2) is 12.1 Å². The van der Waals surface area contributed by atoms with E-state index in [2.05, 4.69) is 16.0 Å². The number of nitrogens with one attached hydrogen (secondary N) is 3. The second-order valence-corrected chi connectivity index (χ2v) is 4.55. The van der Waals surface area contributed by atoms with Crippen molar-refractivity contribution in [3.63, 3.8) is 0 Å². The fourth-order valence-corrected chi connectivity index (χ4v) is 1.89. The van der Waals surface area contributed by atoms with E-state index in [1.165, 1.54) is 6.92 Å². The van der Waals surface area contributed by atoms with Crippen LogP contribution in [-0.4, -0.2) is 37.6 Å². The summed E-state index contributed by atoms with van der Waals surface area (Å²) in [6, 6.07) is 1.63. The van der Waals surface area contributed by atoms with Crippen LogP contribution in [0.4, 0.5) is 20.2 Å². The number of benzene rings is 1. The van der Waals surface area contributed by atoms with Crippen molar-refractivity contribution in [1.29, 1.82) is 0 Å². The fraction of sp³-hybridized carbons (Fsp3) is 0.385. The number of morpholine rings is 1. The maximum Gasteiger partial charge on any atom is 0.254 e. The largest absolute Gasteiger partial charge is 0.366 e. The van der Waals surface area contributed by atoms with Crippen LogP contribution in [0, 0.1) is 11.6 Å². The average molecular weight is 299 g/mol.